The average Bonchev–Trinajstić information content (AvgIpc) is 3.08. The molecule has 1 N–H and O–H groups in total. The number of hydrazone groups is 1. The lowest BCUT2D eigenvalue weighted by atomic mass is 9.79. The van der Waals surface area contributed by atoms with Crippen LogP contribution in [0.4, 0.5) is 5.69 Å². The number of fused-ring (bicyclic) bond motifs is 1. The topological polar surface area (TPSA) is 57.8 Å². The zero-order valence-corrected chi connectivity index (χ0v) is 15.5. The van der Waals surface area contributed by atoms with Crippen molar-refractivity contribution >= 4 is 17.8 Å². The highest BCUT2D eigenvalue weighted by atomic mass is 16.3. The summed E-state index contributed by atoms with van der Waals surface area (Å²) in [5.41, 5.74) is 7.39. The number of nitrogens with zero attached hydrogens (tertiary/aromatic N) is 2. The number of amides is 1. The van der Waals surface area contributed by atoms with Crippen molar-refractivity contribution in [3.8, 4) is 0 Å². The standard InChI is InChI=1S/C20H25N3O2/c1-13-9-17-16(14(2)11-20(3,4)23(17)5)10-15(13)12-21-22-19(24)18-7-6-8-25-18/h6-10,12,14H,11H2,1-5H3,(H,22,24)/b21-12+/t14-/m0/s1. The molecule has 2 aromatic rings. The molecule has 0 spiro atoms. The molecule has 1 atom stereocenters. The molecule has 5 heteroatoms. The number of furan rings is 1. The second kappa shape index (κ2) is 6.39. The normalized spacial score (nSPS) is 19.1. The summed E-state index contributed by atoms with van der Waals surface area (Å²) in [6.07, 6.45) is 4.26. The van der Waals surface area contributed by atoms with E-state index in [4.69, 9.17) is 4.42 Å². The van der Waals surface area contributed by atoms with Crippen LogP contribution in [-0.4, -0.2) is 24.7 Å². The molecule has 0 saturated heterocycles. The van der Waals surface area contributed by atoms with Crippen LogP contribution < -0.4 is 10.3 Å². The number of hydrogen-bond acceptors (Lipinski definition) is 4. The Kier molecular flexibility index (Phi) is 4.41. The molecule has 0 radical (unpaired) electrons. The second-order valence-electron chi connectivity index (χ2n) is 7.42. The van der Waals surface area contributed by atoms with Crippen LogP contribution >= 0.6 is 0 Å². The maximum Gasteiger partial charge on any atom is 0.307 e. The number of anilines is 1. The monoisotopic (exact) mass is 339 g/mol. The van der Waals surface area contributed by atoms with Gasteiger partial charge in [-0.2, -0.15) is 5.10 Å². The lowest BCUT2D eigenvalue weighted by molar-refractivity contribution is 0.0927. The Morgan fingerprint density at radius 1 is 1.44 bits per heavy atom. The van der Waals surface area contributed by atoms with Crippen LogP contribution in [-0.2, 0) is 0 Å². The molecule has 2 heterocycles. The van der Waals surface area contributed by atoms with E-state index in [0.717, 1.165) is 17.5 Å². The second-order valence-corrected chi connectivity index (χ2v) is 7.42. The van der Waals surface area contributed by atoms with Gasteiger partial charge in [-0.25, -0.2) is 5.43 Å². The van der Waals surface area contributed by atoms with Gasteiger partial charge in [0.15, 0.2) is 5.76 Å². The summed E-state index contributed by atoms with van der Waals surface area (Å²) in [5, 5.41) is 4.08. The number of rotatable bonds is 3. The van der Waals surface area contributed by atoms with E-state index in [0.29, 0.717) is 5.92 Å². The molecule has 1 aliphatic rings. The third-order valence-corrected chi connectivity index (χ3v) is 5.14. The number of carbonyl (C=O) groups excluding carboxylic acids is 1. The van der Waals surface area contributed by atoms with Crippen molar-refractivity contribution in [2.75, 3.05) is 11.9 Å². The summed E-state index contributed by atoms with van der Waals surface area (Å²) < 4.78 is 5.05. The Hall–Kier alpha value is -2.56. The van der Waals surface area contributed by atoms with Gasteiger partial charge in [0.2, 0.25) is 0 Å². The molecule has 0 saturated carbocycles. The van der Waals surface area contributed by atoms with Gasteiger partial charge in [0.05, 0.1) is 12.5 Å². The number of nitrogens with one attached hydrogen (secondary N) is 1. The fraction of sp³-hybridized carbons (Fsp3) is 0.400. The van der Waals surface area contributed by atoms with Gasteiger partial charge in [-0.05, 0) is 74.1 Å². The molecular formula is C20H25N3O2. The summed E-state index contributed by atoms with van der Waals surface area (Å²) in [7, 11) is 2.15. The Balaban J connectivity index is 1.83. The zero-order chi connectivity index (χ0) is 18.2. The Labute approximate surface area is 148 Å². The SMILES string of the molecule is Cc1cc2c(cc1/C=N/NC(=O)c1ccco1)[C@@H](C)CC(C)(C)N2C. The zero-order valence-electron chi connectivity index (χ0n) is 15.5. The van der Waals surface area contributed by atoms with E-state index in [2.05, 4.69) is 62.3 Å². The van der Waals surface area contributed by atoms with Crippen LogP contribution in [0.25, 0.3) is 0 Å². The van der Waals surface area contributed by atoms with E-state index in [1.165, 1.54) is 17.5 Å². The maximum absolute atomic E-state index is 11.9. The number of aryl methyl sites for hydroxylation is 1. The minimum Gasteiger partial charge on any atom is -0.459 e. The Morgan fingerprint density at radius 2 is 2.20 bits per heavy atom. The van der Waals surface area contributed by atoms with Crippen LogP contribution in [0.15, 0.2) is 40.0 Å². The highest BCUT2D eigenvalue weighted by molar-refractivity contribution is 5.92. The lowest BCUT2D eigenvalue weighted by Gasteiger charge is -2.45. The quantitative estimate of drug-likeness (QED) is 0.677. The van der Waals surface area contributed by atoms with E-state index in [1.807, 2.05) is 0 Å². The predicted molar refractivity (Wildman–Crippen MR) is 100 cm³/mol. The molecule has 0 aliphatic carbocycles. The smallest absolute Gasteiger partial charge is 0.307 e. The van der Waals surface area contributed by atoms with Crippen LogP contribution in [0.5, 0.6) is 0 Å². The number of carbonyl (C=O) groups is 1. The van der Waals surface area contributed by atoms with E-state index in [1.54, 1.807) is 18.3 Å². The van der Waals surface area contributed by atoms with Gasteiger partial charge < -0.3 is 9.32 Å². The first kappa shape index (κ1) is 17.3. The van der Waals surface area contributed by atoms with Gasteiger partial charge >= 0.3 is 5.91 Å². The molecule has 0 unspecified atom stereocenters. The van der Waals surface area contributed by atoms with Gasteiger partial charge in [-0.1, -0.05) is 6.92 Å². The third-order valence-electron chi connectivity index (χ3n) is 5.14. The van der Waals surface area contributed by atoms with Crippen molar-refractivity contribution in [1.29, 1.82) is 0 Å². The first-order chi connectivity index (χ1) is 11.8. The fourth-order valence-electron chi connectivity index (χ4n) is 3.50. The first-order valence-corrected chi connectivity index (χ1v) is 8.55. The molecule has 1 aromatic heterocycles. The predicted octanol–water partition coefficient (Wildman–Crippen LogP) is 4.07. The van der Waals surface area contributed by atoms with Gasteiger partial charge in [0.1, 0.15) is 0 Å². The summed E-state index contributed by atoms with van der Waals surface area (Å²) >= 11 is 0. The van der Waals surface area contributed by atoms with Crippen molar-refractivity contribution in [2.45, 2.75) is 45.6 Å². The van der Waals surface area contributed by atoms with Crippen molar-refractivity contribution in [1.82, 2.24) is 5.43 Å². The summed E-state index contributed by atoms with van der Waals surface area (Å²) in [5.74, 6) is 0.371. The highest BCUT2D eigenvalue weighted by Gasteiger charge is 2.34. The molecule has 1 amide bonds. The highest BCUT2D eigenvalue weighted by Crippen LogP contribution is 2.43. The lowest BCUT2D eigenvalue weighted by Crippen LogP contribution is -2.45. The first-order valence-electron chi connectivity index (χ1n) is 8.55. The molecule has 25 heavy (non-hydrogen) atoms. The molecule has 1 aromatic carbocycles. The van der Waals surface area contributed by atoms with Crippen LogP contribution in [0.1, 0.15) is 60.4 Å². The van der Waals surface area contributed by atoms with E-state index >= 15 is 0 Å². The van der Waals surface area contributed by atoms with E-state index in [9.17, 15) is 4.79 Å². The summed E-state index contributed by atoms with van der Waals surface area (Å²) in [6.45, 7) is 8.89. The van der Waals surface area contributed by atoms with Crippen molar-refractivity contribution in [3.63, 3.8) is 0 Å². The van der Waals surface area contributed by atoms with Crippen molar-refractivity contribution in [2.24, 2.45) is 5.10 Å². The molecular weight excluding hydrogens is 314 g/mol. The maximum atomic E-state index is 11.9. The molecule has 3 rings (SSSR count). The van der Waals surface area contributed by atoms with Gasteiger partial charge in [0, 0.05) is 18.3 Å². The van der Waals surface area contributed by atoms with Crippen molar-refractivity contribution in [3.05, 3.63) is 53.0 Å². The molecule has 0 bridgehead atoms. The third kappa shape index (κ3) is 3.31. The minimum atomic E-state index is -0.355. The molecule has 0 fully saturated rings. The van der Waals surface area contributed by atoms with Gasteiger partial charge in [-0.15, -0.1) is 0 Å². The average molecular weight is 339 g/mol. The van der Waals surface area contributed by atoms with Gasteiger partial charge in [0.25, 0.3) is 0 Å². The fourth-order valence-corrected chi connectivity index (χ4v) is 3.50. The van der Waals surface area contributed by atoms with Crippen molar-refractivity contribution < 1.29 is 9.21 Å². The molecule has 5 nitrogen and oxygen atoms in total. The Bertz CT molecular complexity index is 807. The van der Waals surface area contributed by atoms with E-state index in [-0.39, 0.29) is 17.2 Å². The minimum absolute atomic E-state index is 0.144. The molecule has 132 valence electrons. The number of benzene rings is 1. The number of hydrogen-bond donors (Lipinski definition) is 1. The van der Waals surface area contributed by atoms with Crippen LogP contribution in [0, 0.1) is 6.92 Å². The Morgan fingerprint density at radius 3 is 2.88 bits per heavy atom. The van der Waals surface area contributed by atoms with Crippen LogP contribution in [0.3, 0.4) is 0 Å². The summed E-state index contributed by atoms with van der Waals surface area (Å²) in [4.78, 5) is 14.2. The van der Waals surface area contributed by atoms with E-state index < -0.39 is 0 Å². The van der Waals surface area contributed by atoms with Crippen LogP contribution in [0.2, 0.25) is 0 Å². The molecule has 1 aliphatic heterocycles. The van der Waals surface area contributed by atoms with Gasteiger partial charge in [-0.3, -0.25) is 4.79 Å². The largest absolute Gasteiger partial charge is 0.459 e. The summed E-state index contributed by atoms with van der Waals surface area (Å²) in [6, 6.07) is 7.67.